The van der Waals surface area contributed by atoms with Crippen LogP contribution in [0.3, 0.4) is 0 Å². The largest absolute Gasteiger partial charge is 0.483 e. The molecule has 2 aromatic carbocycles. The molecule has 1 saturated carbocycles. The standard InChI is InChI=1S/C29H39BrN2O3/c1-5-26(29(34)31-24-9-7-6-8-10-24)32(18-22-13-11-21(4)12-14-22)28(33)19-35-27-16-15-23(20(2)3)17-25(27)30/h11-17,20,24,26H,5-10,18-19H2,1-4H3,(H,31,34)/t26-/m1/s1. The van der Waals surface area contributed by atoms with Crippen molar-refractivity contribution in [2.45, 2.75) is 90.8 Å². The SMILES string of the molecule is CC[C@H](C(=O)NC1CCCCC1)N(Cc1ccc(C)cc1)C(=O)COc1ccc(C(C)C)cc1Br. The predicted octanol–water partition coefficient (Wildman–Crippen LogP) is 6.52. The van der Waals surface area contributed by atoms with Crippen LogP contribution in [0.25, 0.3) is 0 Å². The van der Waals surface area contributed by atoms with Crippen LogP contribution in [0.1, 0.15) is 81.9 Å². The van der Waals surface area contributed by atoms with Gasteiger partial charge in [-0.05, 0) is 71.3 Å². The number of ether oxygens (including phenoxy) is 1. The highest BCUT2D eigenvalue weighted by Crippen LogP contribution is 2.29. The molecule has 1 fully saturated rings. The predicted molar refractivity (Wildman–Crippen MR) is 145 cm³/mol. The summed E-state index contributed by atoms with van der Waals surface area (Å²) < 4.78 is 6.75. The van der Waals surface area contributed by atoms with Crippen LogP contribution in [0, 0.1) is 6.92 Å². The molecule has 3 rings (SSSR count). The zero-order valence-electron chi connectivity index (χ0n) is 21.5. The monoisotopic (exact) mass is 542 g/mol. The van der Waals surface area contributed by atoms with E-state index in [0.717, 1.165) is 41.3 Å². The Morgan fingerprint density at radius 1 is 1.09 bits per heavy atom. The molecule has 0 aliphatic heterocycles. The summed E-state index contributed by atoms with van der Waals surface area (Å²) in [6.07, 6.45) is 6.09. The first-order chi connectivity index (χ1) is 16.8. The van der Waals surface area contributed by atoms with Crippen molar-refractivity contribution in [3.8, 4) is 5.75 Å². The Labute approximate surface area is 218 Å². The highest BCUT2D eigenvalue weighted by molar-refractivity contribution is 9.10. The highest BCUT2D eigenvalue weighted by Gasteiger charge is 2.30. The number of aryl methyl sites for hydroxylation is 1. The first-order valence-electron chi connectivity index (χ1n) is 12.9. The van der Waals surface area contributed by atoms with Gasteiger partial charge in [-0.25, -0.2) is 0 Å². The molecule has 190 valence electrons. The van der Waals surface area contributed by atoms with Crippen LogP contribution in [0.5, 0.6) is 5.75 Å². The number of nitrogens with zero attached hydrogens (tertiary/aromatic N) is 1. The van der Waals surface area contributed by atoms with Crippen molar-refractivity contribution in [3.63, 3.8) is 0 Å². The lowest BCUT2D eigenvalue weighted by Gasteiger charge is -2.32. The summed E-state index contributed by atoms with van der Waals surface area (Å²) in [5.41, 5.74) is 3.35. The van der Waals surface area contributed by atoms with Gasteiger partial charge in [-0.1, -0.05) is 75.9 Å². The third-order valence-electron chi connectivity index (χ3n) is 6.78. The van der Waals surface area contributed by atoms with Gasteiger partial charge in [0.15, 0.2) is 6.61 Å². The van der Waals surface area contributed by atoms with E-state index in [0.29, 0.717) is 24.6 Å². The van der Waals surface area contributed by atoms with Crippen molar-refractivity contribution in [3.05, 3.63) is 63.6 Å². The average Bonchev–Trinajstić information content (AvgIpc) is 2.84. The average molecular weight is 544 g/mol. The minimum absolute atomic E-state index is 0.0673. The maximum Gasteiger partial charge on any atom is 0.261 e. The van der Waals surface area contributed by atoms with Crippen molar-refractivity contribution in [1.82, 2.24) is 10.2 Å². The smallest absolute Gasteiger partial charge is 0.261 e. The second-order valence-electron chi connectivity index (χ2n) is 9.91. The van der Waals surface area contributed by atoms with Crippen LogP contribution >= 0.6 is 15.9 Å². The van der Waals surface area contributed by atoms with E-state index in [-0.39, 0.29) is 24.5 Å². The van der Waals surface area contributed by atoms with Crippen LogP contribution in [0.2, 0.25) is 0 Å². The highest BCUT2D eigenvalue weighted by atomic mass is 79.9. The topological polar surface area (TPSA) is 58.6 Å². The molecular weight excluding hydrogens is 504 g/mol. The molecule has 0 aromatic heterocycles. The number of rotatable bonds is 10. The van der Waals surface area contributed by atoms with Gasteiger partial charge in [0.05, 0.1) is 4.47 Å². The molecule has 0 saturated heterocycles. The fourth-order valence-electron chi connectivity index (χ4n) is 4.57. The van der Waals surface area contributed by atoms with E-state index in [1.165, 1.54) is 12.0 Å². The fraction of sp³-hybridized carbons (Fsp3) is 0.517. The molecule has 1 atom stereocenters. The molecule has 35 heavy (non-hydrogen) atoms. The van der Waals surface area contributed by atoms with Crippen LogP contribution in [0.4, 0.5) is 0 Å². The third kappa shape index (κ3) is 7.83. The summed E-state index contributed by atoms with van der Waals surface area (Å²) in [6.45, 7) is 8.51. The summed E-state index contributed by atoms with van der Waals surface area (Å²) in [4.78, 5) is 28.5. The molecule has 0 unspecified atom stereocenters. The molecule has 1 N–H and O–H groups in total. The maximum absolute atomic E-state index is 13.5. The molecule has 1 aliphatic carbocycles. The summed E-state index contributed by atoms with van der Waals surface area (Å²) in [6, 6.07) is 13.7. The van der Waals surface area contributed by atoms with Gasteiger partial charge < -0.3 is 15.0 Å². The number of halogens is 1. The number of benzene rings is 2. The molecule has 6 heteroatoms. The van der Waals surface area contributed by atoms with Gasteiger partial charge in [-0.15, -0.1) is 0 Å². The lowest BCUT2D eigenvalue weighted by molar-refractivity contribution is -0.143. The van der Waals surface area contributed by atoms with E-state index >= 15 is 0 Å². The van der Waals surface area contributed by atoms with Crippen LogP contribution in [0.15, 0.2) is 46.9 Å². The van der Waals surface area contributed by atoms with Crippen molar-refractivity contribution in [2.75, 3.05) is 6.61 Å². The Balaban J connectivity index is 1.76. The minimum Gasteiger partial charge on any atom is -0.483 e. The maximum atomic E-state index is 13.5. The van der Waals surface area contributed by atoms with E-state index in [1.54, 1.807) is 4.90 Å². The van der Waals surface area contributed by atoms with Crippen LogP contribution < -0.4 is 10.1 Å². The first-order valence-corrected chi connectivity index (χ1v) is 13.7. The Bertz CT molecular complexity index is 984. The van der Waals surface area contributed by atoms with Gasteiger partial charge in [-0.3, -0.25) is 9.59 Å². The molecule has 5 nitrogen and oxygen atoms in total. The second kappa shape index (κ2) is 13.1. The molecule has 0 radical (unpaired) electrons. The quantitative estimate of drug-likeness (QED) is 0.372. The van der Waals surface area contributed by atoms with Crippen molar-refractivity contribution in [2.24, 2.45) is 0 Å². The van der Waals surface area contributed by atoms with Crippen molar-refractivity contribution in [1.29, 1.82) is 0 Å². The Hall–Kier alpha value is -2.34. The molecule has 0 bridgehead atoms. The van der Waals surface area contributed by atoms with E-state index < -0.39 is 6.04 Å². The van der Waals surface area contributed by atoms with Gasteiger partial charge in [-0.2, -0.15) is 0 Å². The molecule has 2 aromatic rings. The minimum atomic E-state index is -0.541. The van der Waals surface area contributed by atoms with Gasteiger partial charge >= 0.3 is 0 Å². The van der Waals surface area contributed by atoms with E-state index in [2.05, 4.69) is 35.1 Å². The number of hydrogen-bond donors (Lipinski definition) is 1. The Morgan fingerprint density at radius 3 is 2.37 bits per heavy atom. The van der Waals surface area contributed by atoms with E-state index in [4.69, 9.17) is 4.74 Å². The second-order valence-corrected chi connectivity index (χ2v) is 10.8. The van der Waals surface area contributed by atoms with E-state index in [1.807, 2.05) is 56.3 Å². The number of carbonyl (C=O) groups is 2. The summed E-state index contributed by atoms with van der Waals surface area (Å²) in [5, 5.41) is 3.22. The van der Waals surface area contributed by atoms with E-state index in [9.17, 15) is 9.59 Å². The number of hydrogen-bond acceptors (Lipinski definition) is 3. The van der Waals surface area contributed by atoms with Crippen molar-refractivity contribution < 1.29 is 14.3 Å². The fourth-order valence-corrected chi connectivity index (χ4v) is 5.08. The lowest BCUT2D eigenvalue weighted by atomic mass is 9.95. The molecule has 0 spiro atoms. The zero-order chi connectivity index (χ0) is 25.4. The van der Waals surface area contributed by atoms with Gasteiger partial charge in [0, 0.05) is 12.6 Å². The number of nitrogens with one attached hydrogen (secondary N) is 1. The number of carbonyl (C=O) groups excluding carboxylic acids is 2. The third-order valence-corrected chi connectivity index (χ3v) is 7.40. The molecule has 2 amide bonds. The van der Waals surface area contributed by atoms with Crippen LogP contribution in [-0.2, 0) is 16.1 Å². The van der Waals surface area contributed by atoms with Gasteiger partial charge in [0.25, 0.3) is 5.91 Å². The Kier molecular flexibility index (Phi) is 10.2. The number of amides is 2. The van der Waals surface area contributed by atoms with Gasteiger partial charge in [0.2, 0.25) is 5.91 Å². The molecule has 1 aliphatic rings. The van der Waals surface area contributed by atoms with Gasteiger partial charge in [0.1, 0.15) is 11.8 Å². The Morgan fingerprint density at radius 2 is 1.77 bits per heavy atom. The van der Waals surface area contributed by atoms with Crippen LogP contribution in [-0.4, -0.2) is 35.4 Å². The normalized spacial score (nSPS) is 15.0. The zero-order valence-corrected chi connectivity index (χ0v) is 23.1. The summed E-state index contributed by atoms with van der Waals surface area (Å²) in [7, 11) is 0. The molecular formula is C29H39BrN2O3. The lowest BCUT2D eigenvalue weighted by Crippen LogP contribution is -2.52. The summed E-state index contributed by atoms with van der Waals surface area (Å²) in [5.74, 6) is 0.760. The van der Waals surface area contributed by atoms with Crippen molar-refractivity contribution >= 4 is 27.7 Å². The molecule has 0 heterocycles. The first kappa shape index (κ1) is 27.3. The summed E-state index contributed by atoms with van der Waals surface area (Å²) >= 11 is 3.57.